The molecule has 0 saturated heterocycles. The fourth-order valence-corrected chi connectivity index (χ4v) is 2.45. The number of ketones is 1. The van der Waals surface area contributed by atoms with Crippen LogP contribution in [0.3, 0.4) is 0 Å². The molecule has 3 aromatic rings. The van der Waals surface area contributed by atoms with Crippen molar-refractivity contribution >= 4 is 17.4 Å². The van der Waals surface area contributed by atoms with Gasteiger partial charge in [-0.05, 0) is 31.2 Å². The van der Waals surface area contributed by atoms with Gasteiger partial charge in [0.2, 0.25) is 5.78 Å². The lowest BCUT2D eigenvalue weighted by atomic mass is 10.1. The van der Waals surface area contributed by atoms with Gasteiger partial charge in [-0.3, -0.25) is 9.79 Å². The van der Waals surface area contributed by atoms with Crippen LogP contribution in [-0.2, 0) is 6.42 Å². The molecule has 0 fully saturated rings. The summed E-state index contributed by atoms with van der Waals surface area (Å²) in [5.74, 6) is 0.0306. The Bertz CT molecular complexity index is 965. The molecule has 0 amide bonds. The second kappa shape index (κ2) is 7.51. The van der Waals surface area contributed by atoms with Crippen LogP contribution in [0.25, 0.3) is 0 Å². The number of guanidine groups is 1. The van der Waals surface area contributed by atoms with E-state index >= 15 is 0 Å². The average molecular weight is 353 g/mol. The first-order valence-electron chi connectivity index (χ1n) is 8.01. The summed E-state index contributed by atoms with van der Waals surface area (Å²) in [6.45, 7) is 2.19. The van der Waals surface area contributed by atoms with Gasteiger partial charge in [0.25, 0.3) is 0 Å². The quantitative estimate of drug-likeness (QED) is 0.254. The number of aliphatic imine (C=N–C) groups is 1. The molecule has 2 heterocycles. The van der Waals surface area contributed by atoms with Crippen LogP contribution >= 0.6 is 0 Å². The van der Waals surface area contributed by atoms with E-state index in [1.807, 2.05) is 0 Å². The van der Waals surface area contributed by atoms with Crippen LogP contribution < -0.4 is 16.7 Å². The van der Waals surface area contributed by atoms with Crippen molar-refractivity contribution in [2.45, 2.75) is 13.3 Å². The first-order valence-corrected chi connectivity index (χ1v) is 8.01. The van der Waals surface area contributed by atoms with Crippen molar-refractivity contribution < 1.29 is 4.79 Å². The molecular formula is C17H19N7O2. The van der Waals surface area contributed by atoms with Gasteiger partial charge in [0.05, 0.1) is 6.33 Å². The number of aromatic amines is 3. The van der Waals surface area contributed by atoms with E-state index in [9.17, 15) is 9.59 Å². The van der Waals surface area contributed by atoms with Crippen molar-refractivity contribution in [1.29, 1.82) is 0 Å². The molecule has 1 aromatic carbocycles. The summed E-state index contributed by atoms with van der Waals surface area (Å²) in [6.07, 6.45) is 4.08. The number of benzene rings is 1. The highest BCUT2D eigenvalue weighted by Gasteiger charge is 2.14. The van der Waals surface area contributed by atoms with Gasteiger partial charge in [0.1, 0.15) is 5.69 Å². The number of imidazole rings is 2. The lowest BCUT2D eigenvalue weighted by molar-refractivity contribution is 0.103. The van der Waals surface area contributed by atoms with Crippen LogP contribution in [0.15, 0.2) is 46.6 Å². The Morgan fingerprint density at radius 2 is 2.04 bits per heavy atom. The van der Waals surface area contributed by atoms with Gasteiger partial charge in [0, 0.05) is 41.8 Å². The van der Waals surface area contributed by atoms with Gasteiger partial charge < -0.3 is 26.0 Å². The molecule has 0 unspecified atom stereocenters. The Balaban J connectivity index is 1.61. The van der Waals surface area contributed by atoms with Crippen LogP contribution in [0, 0.1) is 6.92 Å². The highest BCUT2D eigenvalue weighted by Crippen LogP contribution is 2.13. The number of hydrogen-bond donors (Lipinski definition) is 5. The molecule has 2 aromatic heterocycles. The first-order chi connectivity index (χ1) is 12.5. The van der Waals surface area contributed by atoms with Gasteiger partial charge in [-0.25, -0.2) is 9.78 Å². The summed E-state index contributed by atoms with van der Waals surface area (Å²) in [4.78, 5) is 39.9. The van der Waals surface area contributed by atoms with Gasteiger partial charge in [-0.15, -0.1) is 0 Å². The standard InChI is InChI=1S/C17H19N7O2/c1-10-14(24-17(26)22-10)15(25)11-2-4-12(5-3-11)23-16(18)20-7-6-13-8-19-9-21-13/h2-5,8-9H,6-7H2,1H3,(H,19,21)(H3,18,20,23)(H2,22,24,26). The van der Waals surface area contributed by atoms with Crippen LogP contribution in [0.4, 0.5) is 5.69 Å². The van der Waals surface area contributed by atoms with E-state index in [0.717, 1.165) is 5.69 Å². The zero-order valence-corrected chi connectivity index (χ0v) is 14.2. The number of nitrogens with zero attached hydrogens (tertiary/aromatic N) is 2. The third kappa shape index (κ3) is 4.07. The topological polar surface area (TPSA) is 145 Å². The van der Waals surface area contributed by atoms with E-state index in [0.29, 0.717) is 29.9 Å². The molecule has 0 spiro atoms. The number of nitrogens with two attached hydrogens (primary N) is 1. The maximum Gasteiger partial charge on any atom is 0.323 e. The Morgan fingerprint density at radius 1 is 1.27 bits per heavy atom. The normalized spacial score (nSPS) is 11.5. The Kier molecular flexibility index (Phi) is 4.97. The van der Waals surface area contributed by atoms with Crippen molar-refractivity contribution in [3.63, 3.8) is 0 Å². The number of carbonyl (C=O) groups excluding carboxylic acids is 1. The molecular weight excluding hydrogens is 334 g/mol. The van der Waals surface area contributed by atoms with Gasteiger partial charge in [-0.1, -0.05) is 0 Å². The van der Waals surface area contributed by atoms with Crippen molar-refractivity contribution in [2.24, 2.45) is 10.7 Å². The third-order valence-corrected chi connectivity index (χ3v) is 3.78. The van der Waals surface area contributed by atoms with Crippen LogP contribution in [-0.4, -0.2) is 38.2 Å². The molecule has 0 aliphatic heterocycles. The molecule has 134 valence electrons. The molecule has 3 rings (SSSR count). The molecule has 0 aliphatic rings. The van der Waals surface area contributed by atoms with Gasteiger partial charge >= 0.3 is 5.69 Å². The lowest BCUT2D eigenvalue weighted by Gasteiger charge is -2.06. The second-order valence-corrected chi connectivity index (χ2v) is 5.70. The lowest BCUT2D eigenvalue weighted by Crippen LogP contribution is -2.23. The SMILES string of the molecule is Cc1[nH]c(=O)[nH]c1C(=O)c1ccc(NC(N)=NCCc2cnc[nH]2)cc1. The summed E-state index contributed by atoms with van der Waals surface area (Å²) in [5.41, 5.74) is 8.39. The van der Waals surface area contributed by atoms with E-state index in [4.69, 9.17) is 5.73 Å². The number of H-pyrrole nitrogens is 3. The smallest absolute Gasteiger partial charge is 0.323 e. The molecule has 0 radical (unpaired) electrons. The number of anilines is 1. The predicted molar refractivity (Wildman–Crippen MR) is 98.4 cm³/mol. The zero-order chi connectivity index (χ0) is 18.5. The van der Waals surface area contributed by atoms with Crippen LogP contribution in [0.2, 0.25) is 0 Å². The molecule has 0 saturated carbocycles. The summed E-state index contributed by atoms with van der Waals surface area (Å²) in [7, 11) is 0. The summed E-state index contributed by atoms with van der Waals surface area (Å²) < 4.78 is 0. The number of aromatic nitrogens is 4. The van der Waals surface area contributed by atoms with E-state index in [2.05, 4.69) is 30.2 Å². The maximum absolute atomic E-state index is 12.4. The second-order valence-electron chi connectivity index (χ2n) is 5.70. The van der Waals surface area contributed by atoms with E-state index in [1.54, 1.807) is 43.7 Å². The van der Waals surface area contributed by atoms with Crippen molar-refractivity contribution in [3.8, 4) is 0 Å². The van der Waals surface area contributed by atoms with E-state index < -0.39 is 5.69 Å². The first kappa shape index (κ1) is 17.2. The number of aryl methyl sites for hydroxylation is 1. The largest absolute Gasteiger partial charge is 0.370 e. The molecule has 0 aliphatic carbocycles. The zero-order valence-electron chi connectivity index (χ0n) is 14.2. The Labute approximate surface area is 148 Å². The fourth-order valence-electron chi connectivity index (χ4n) is 2.45. The number of rotatable bonds is 6. The predicted octanol–water partition coefficient (Wildman–Crippen LogP) is 0.935. The minimum Gasteiger partial charge on any atom is -0.370 e. The maximum atomic E-state index is 12.4. The summed E-state index contributed by atoms with van der Waals surface area (Å²) in [6, 6.07) is 6.77. The Morgan fingerprint density at radius 3 is 2.65 bits per heavy atom. The third-order valence-electron chi connectivity index (χ3n) is 3.78. The highest BCUT2D eigenvalue weighted by atomic mass is 16.1. The number of hydrogen-bond acceptors (Lipinski definition) is 4. The van der Waals surface area contributed by atoms with Crippen LogP contribution in [0.5, 0.6) is 0 Å². The van der Waals surface area contributed by atoms with E-state index in [-0.39, 0.29) is 17.4 Å². The summed E-state index contributed by atoms with van der Waals surface area (Å²) >= 11 is 0. The average Bonchev–Trinajstić information content (AvgIpc) is 3.24. The summed E-state index contributed by atoms with van der Waals surface area (Å²) in [5, 5.41) is 2.97. The highest BCUT2D eigenvalue weighted by molar-refractivity contribution is 6.08. The number of carbonyl (C=O) groups is 1. The fraction of sp³-hybridized carbons (Fsp3) is 0.176. The van der Waals surface area contributed by atoms with E-state index in [1.165, 1.54) is 0 Å². The molecule has 0 bridgehead atoms. The monoisotopic (exact) mass is 353 g/mol. The minimum absolute atomic E-state index is 0.256. The Hall–Kier alpha value is -3.62. The molecule has 9 nitrogen and oxygen atoms in total. The molecule has 6 N–H and O–H groups in total. The van der Waals surface area contributed by atoms with Gasteiger partial charge in [-0.2, -0.15) is 0 Å². The number of nitrogens with one attached hydrogen (secondary N) is 4. The molecule has 26 heavy (non-hydrogen) atoms. The van der Waals surface area contributed by atoms with Crippen molar-refractivity contribution in [3.05, 3.63) is 69.9 Å². The van der Waals surface area contributed by atoms with Crippen molar-refractivity contribution in [2.75, 3.05) is 11.9 Å². The molecule has 9 heteroatoms. The molecule has 0 atom stereocenters. The van der Waals surface area contributed by atoms with Crippen LogP contribution in [0.1, 0.15) is 27.4 Å². The van der Waals surface area contributed by atoms with Crippen molar-refractivity contribution in [1.82, 2.24) is 19.9 Å². The van der Waals surface area contributed by atoms with Gasteiger partial charge in [0.15, 0.2) is 5.96 Å². The minimum atomic E-state index is -0.400.